The van der Waals surface area contributed by atoms with Crippen LogP contribution in [-0.2, 0) is 0 Å². The maximum absolute atomic E-state index is 5.15. The van der Waals surface area contributed by atoms with Crippen LogP contribution in [0.15, 0.2) is 177 Å². The second-order valence-electron chi connectivity index (χ2n) is 11.4. The molecule has 0 spiro atoms. The summed E-state index contributed by atoms with van der Waals surface area (Å²) in [5.41, 5.74) is 10.2. The molecule has 7 rings (SSSR count). The fraction of sp³-hybridized carbons (Fsp3) is 0.0465. The van der Waals surface area contributed by atoms with Gasteiger partial charge in [-0.1, -0.05) is 146 Å². The van der Waals surface area contributed by atoms with Crippen LogP contribution >= 0.6 is 0 Å². The minimum atomic E-state index is 0.372. The average Bonchev–Trinajstić information content (AvgIpc) is 3.14. The van der Waals surface area contributed by atoms with Crippen LogP contribution in [0, 0.1) is 11.8 Å². The number of fused-ring (bicyclic) bond motifs is 1. The molecule has 0 aliphatic heterocycles. The molecule has 0 amide bonds. The van der Waals surface area contributed by atoms with Gasteiger partial charge < -0.3 is 0 Å². The van der Waals surface area contributed by atoms with E-state index < -0.39 is 0 Å². The molecule has 3 nitrogen and oxygen atoms in total. The molecular formula is C43H33N3. The van der Waals surface area contributed by atoms with Gasteiger partial charge in [-0.3, -0.25) is 4.98 Å². The number of hydrogen-bond acceptors (Lipinski definition) is 3. The molecule has 2 atom stereocenters. The lowest BCUT2D eigenvalue weighted by atomic mass is 9.81. The summed E-state index contributed by atoms with van der Waals surface area (Å²) in [6.45, 7) is 4.13. The molecule has 0 saturated heterocycles. The standard InChI is InChI=1S/C43H33N3/c1-2-32(18-8-12-31-13-11-25-44-30-31)41-29-42(39-21-9-19-36(27-39)33-14-4-3-5-15-33)46-43(45-41)40-22-10-20-37(28-40)38-24-23-34-16-6-7-17-35(34)26-38/h2-30,34-35H,1H2/b12-8+,32-18+. The first-order valence-corrected chi connectivity index (χ1v) is 15.6. The third-order valence-corrected chi connectivity index (χ3v) is 8.30. The second-order valence-corrected chi connectivity index (χ2v) is 11.4. The molecule has 0 fully saturated rings. The molecule has 2 heterocycles. The zero-order chi connectivity index (χ0) is 31.1. The third kappa shape index (κ3) is 6.45. The van der Waals surface area contributed by atoms with E-state index in [0.717, 1.165) is 50.3 Å². The molecule has 0 saturated carbocycles. The Bertz CT molecular complexity index is 2060. The largest absolute Gasteiger partial charge is 0.264 e. The molecule has 0 radical (unpaired) electrons. The van der Waals surface area contributed by atoms with Crippen molar-refractivity contribution < 1.29 is 0 Å². The fourth-order valence-electron chi connectivity index (χ4n) is 5.86. The van der Waals surface area contributed by atoms with Crippen molar-refractivity contribution >= 4 is 17.2 Å². The Labute approximate surface area is 270 Å². The lowest BCUT2D eigenvalue weighted by Crippen LogP contribution is -2.11. The summed E-state index contributed by atoms with van der Waals surface area (Å²) >= 11 is 0. The summed E-state index contributed by atoms with van der Waals surface area (Å²) < 4.78 is 0. The zero-order valence-electron chi connectivity index (χ0n) is 25.4. The number of allylic oxidation sites excluding steroid dienone is 12. The van der Waals surface area contributed by atoms with Crippen molar-refractivity contribution in [3.63, 3.8) is 0 Å². The van der Waals surface area contributed by atoms with Crippen molar-refractivity contribution in [1.82, 2.24) is 15.0 Å². The van der Waals surface area contributed by atoms with Crippen LogP contribution in [0.4, 0.5) is 0 Å². The topological polar surface area (TPSA) is 38.7 Å². The van der Waals surface area contributed by atoms with Gasteiger partial charge >= 0.3 is 0 Å². The zero-order valence-corrected chi connectivity index (χ0v) is 25.4. The Kier molecular flexibility index (Phi) is 8.38. The van der Waals surface area contributed by atoms with Crippen LogP contribution in [0.25, 0.3) is 51.0 Å². The highest BCUT2D eigenvalue weighted by Crippen LogP contribution is 2.34. The molecule has 3 heteroatoms. The molecule has 2 aromatic heterocycles. The highest BCUT2D eigenvalue weighted by molar-refractivity contribution is 5.81. The van der Waals surface area contributed by atoms with Gasteiger partial charge in [0, 0.05) is 35.4 Å². The number of hydrogen-bond donors (Lipinski definition) is 0. The summed E-state index contributed by atoms with van der Waals surface area (Å²) in [6, 6.07) is 33.5. The predicted molar refractivity (Wildman–Crippen MR) is 192 cm³/mol. The van der Waals surface area contributed by atoms with Crippen molar-refractivity contribution in [2.45, 2.75) is 0 Å². The molecule has 0 bridgehead atoms. The van der Waals surface area contributed by atoms with Crippen molar-refractivity contribution in [3.8, 4) is 33.8 Å². The molecule has 2 aliphatic carbocycles. The van der Waals surface area contributed by atoms with E-state index in [1.807, 2.05) is 48.7 Å². The number of pyridine rings is 1. The van der Waals surface area contributed by atoms with Crippen LogP contribution in [0.1, 0.15) is 16.8 Å². The Morgan fingerprint density at radius 3 is 2.26 bits per heavy atom. The fourth-order valence-corrected chi connectivity index (χ4v) is 5.86. The van der Waals surface area contributed by atoms with Gasteiger partial charge in [-0.15, -0.1) is 0 Å². The van der Waals surface area contributed by atoms with Gasteiger partial charge in [-0.05, 0) is 57.7 Å². The van der Waals surface area contributed by atoms with Crippen LogP contribution in [0.3, 0.4) is 0 Å². The van der Waals surface area contributed by atoms with E-state index in [1.165, 1.54) is 5.57 Å². The molecule has 2 aliphatic rings. The van der Waals surface area contributed by atoms with Crippen molar-refractivity contribution in [1.29, 1.82) is 0 Å². The van der Waals surface area contributed by atoms with E-state index in [1.54, 1.807) is 6.20 Å². The van der Waals surface area contributed by atoms with Crippen LogP contribution < -0.4 is 0 Å². The maximum atomic E-state index is 5.15. The van der Waals surface area contributed by atoms with Gasteiger partial charge in [0.05, 0.1) is 11.4 Å². The molecule has 46 heavy (non-hydrogen) atoms. The molecule has 3 aromatic carbocycles. The van der Waals surface area contributed by atoms with Gasteiger partial charge in [0.15, 0.2) is 5.82 Å². The Hall–Kier alpha value is -5.93. The van der Waals surface area contributed by atoms with Crippen LogP contribution in [0.5, 0.6) is 0 Å². The summed E-state index contributed by atoms with van der Waals surface area (Å²) in [7, 11) is 0. The smallest absolute Gasteiger partial charge is 0.160 e. The minimum absolute atomic E-state index is 0.372. The summed E-state index contributed by atoms with van der Waals surface area (Å²) in [5, 5.41) is 0. The van der Waals surface area contributed by atoms with Crippen LogP contribution in [-0.4, -0.2) is 15.0 Å². The highest BCUT2D eigenvalue weighted by atomic mass is 14.9. The number of rotatable bonds is 8. The van der Waals surface area contributed by atoms with E-state index in [9.17, 15) is 0 Å². The number of nitrogens with zero attached hydrogens (tertiary/aromatic N) is 3. The molecule has 2 unspecified atom stereocenters. The average molecular weight is 592 g/mol. The Balaban J connectivity index is 1.31. The van der Waals surface area contributed by atoms with Gasteiger partial charge in [0.1, 0.15) is 0 Å². The molecule has 220 valence electrons. The van der Waals surface area contributed by atoms with E-state index >= 15 is 0 Å². The minimum Gasteiger partial charge on any atom is -0.264 e. The normalized spacial score (nSPS) is 17.1. The summed E-state index contributed by atoms with van der Waals surface area (Å²) in [4.78, 5) is 14.5. The van der Waals surface area contributed by atoms with Gasteiger partial charge in [0.2, 0.25) is 0 Å². The second kappa shape index (κ2) is 13.4. The van der Waals surface area contributed by atoms with Crippen molar-refractivity contribution in [3.05, 3.63) is 194 Å². The first-order valence-electron chi connectivity index (χ1n) is 15.6. The number of benzene rings is 3. The van der Waals surface area contributed by atoms with E-state index in [2.05, 4.69) is 133 Å². The lowest BCUT2D eigenvalue weighted by Gasteiger charge is -2.23. The quantitative estimate of drug-likeness (QED) is 0.169. The first-order chi connectivity index (χ1) is 22.7. The van der Waals surface area contributed by atoms with Crippen LogP contribution in [0.2, 0.25) is 0 Å². The highest BCUT2D eigenvalue weighted by Gasteiger charge is 2.19. The van der Waals surface area contributed by atoms with E-state index in [-0.39, 0.29) is 0 Å². The van der Waals surface area contributed by atoms with Crippen molar-refractivity contribution in [2.75, 3.05) is 0 Å². The SMILES string of the molecule is C=C/C(=C\C=C\c1cccnc1)c1cc(-c2cccc(-c3ccccc3)c2)nc(-c2cccc(C3=CC4C=CC=CC4C=C3)c2)n1. The first kappa shape index (κ1) is 28.8. The van der Waals surface area contributed by atoms with E-state index in [4.69, 9.17) is 9.97 Å². The van der Waals surface area contributed by atoms with Gasteiger partial charge in [-0.25, -0.2) is 9.97 Å². The Morgan fingerprint density at radius 1 is 0.674 bits per heavy atom. The number of aromatic nitrogens is 3. The lowest BCUT2D eigenvalue weighted by molar-refractivity contribution is 0.663. The predicted octanol–water partition coefficient (Wildman–Crippen LogP) is 10.5. The summed E-state index contributed by atoms with van der Waals surface area (Å²) in [6.07, 6.45) is 27.2. The van der Waals surface area contributed by atoms with E-state index in [0.29, 0.717) is 17.7 Å². The maximum Gasteiger partial charge on any atom is 0.160 e. The molecule has 5 aromatic rings. The molecule has 0 N–H and O–H groups in total. The Morgan fingerprint density at radius 2 is 1.43 bits per heavy atom. The molecular weight excluding hydrogens is 558 g/mol. The van der Waals surface area contributed by atoms with Gasteiger partial charge in [0.25, 0.3) is 0 Å². The monoisotopic (exact) mass is 591 g/mol. The van der Waals surface area contributed by atoms with Gasteiger partial charge in [-0.2, -0.15) is 0 Å². The summed E-state index contributed by atoms with van der Waals surface area (Å²) in [5.74, 6) is 1.46. The third-order valence-electron chi connectivity index (χ3n) is 8.30. The van der Waals surface area contributed by atoms with Crippen molar-refractivity contribution in [2.24, 2.45) is 11.8 Å².